The van der Waals surface area contributed by atoms with Gasteiger partial charge in [0.1, 0.15) is 0 Å². The quantitative estimate of drug-likeness (QED) is 0.0338. The van der Waals surface area contributed by atoms with Crippen LogP contribution >= 0.6 is 0 Å². The van der Waals surface area contributed by atoms with Crippen molar-refractivity contribution in [1.82, 2.24) is 20.4 Å². The predicted octanol–water partition coefficient (Wildman–Crippen LogP) is 6.21. The van der Waals surface area contributed by atoms with Crippen LogP contribution in [0.5, 0.6) is 0 Å². The molecule has 0 aliphatic carbocycles. The van der Waals surface area contributed by atoms with Crippen molar-refractivity contribution in [2.45, 2.75) is 89.9 Å². The SMILES string of the molecule is COC(=O)CCN(CCCCCCCNC(=O)c1ccc2cc3ccc(C(=O)NCCCCCCCN(CCC(=O)OC)CCC(=O)OC)cc3cc2c1)CCC(=O)OC. The molecule has 0 spiro atoms. The van der Waals surface area contributed by atoms with Crippen LogP contribution in [0.4, 0.5) is 0 Å². The molecule has 0 aliphatic heterocycles. The molecule has 0 bridgehead atoms. The fourth-order valence-electron chi connectivity index (χ4n) is 6.95. The fourth-order valence-corrected chi connectivity index (χ4v) is 6.95. The summed E-state index contributed by atoms with van der Waals surface area (Å²) in [6, 6.07) is 15.5. The van der Waals surface area contributed by atoms with Gasteiger partial charge in [-0.15, -0.1) is 0 Å². The first-order chi connectivity index (χ1) is 29.1. The van der Waals surface area contributed by atoms with Gasteiger partial charge in [0.05, 0.1) is 54.1 Å². The Kier molecular flexibility index (Phi) is 23.3. The maximum absolute atomic E-state index is 13.0. The highest BCUT2D eigenvalue weighted by Gasteiger charge is 2.14. The molecule has 0 saturated carbocycles. The molecule has 14 nitrogen and oxygen atoms in total. The van der Waals surface area contributed by atoms with Crippen LogP contribution in [0.25, 0.3) is 21.5 Å². The lowest BCUT2D eigenvalue weighted by Gasteiger charge is -2.21. The van der Waals surface area contributed by atoms with Gasteiger partial charge in [0.25, 0.3) is 11.8 Å². The van der Waals surface area contributed by atoms with Crippen LogP contribution in [-0.4, -0.2) is 126 Å². The fraction of sp³-hybridized carbons (Fsp3) is 0.565. The molecule has 3 rings (SSSR count). The zero-order valence-corrected chi connectivity index (χ0v) is 36.2. The number of fused-ring (bicyclic) bond motifs is 2. The summed E-state index contributed by atoms with van der Waals surface area (Å²) in [7, 11) is 5.48. The third-order valence-electron chi connectivity index (χ3n) is 10.6. The number of benzene rings is 3. The van der Waals surface area contributed by atoms with E-state index in [1.54, 1.807) is 0 Å². The normalized spacial score (nSPS) is 11.2. The van der Waals surface area contributed by atoms with Crippen LogP contribution in [0.2, 0.25) is 0 Å². The number of rotatable bonds is 30. The van der Waals surface area contributed by atoms with Crippen molar-refractivity contribution in [3.05, 3.63) is 59.7 Å². The number of hydrogen-bond donors (Lipinski definition) is 2. The van der Waals surface area contributed by atoms with Gasteiger partial charge in [0.15, 0.2) is 0 Å². The molecule has 3 aromatic rings. The average Bonchev–Trinajstić information content (AvgIpc) is 3.27. The van der Waals surface area contributed by atoms with Crippen molar-refractivity contribution in [1.29, 1.82) is 0 Å². The lowest BCUT2D eigenvalue weighted by Crippen LogP contribution is -2.30. The molecule has 0 unspecified atom stereocenters. The van der Waals surface area contributed by atoms with Gasteiger partial charge in [-0.2, -0.15) is 0 Å². The number of nitrogens with zero attached hydrogens (tertiary/aromatic N) is 2. The number of methoxy groups -OCH3 is 4. The molecule has 2 N–H and O–H groups in total. The van der Waals surface area contributed by atoms with Crippen LogP contribution in [0, 0.1) is 0 Å². The number of unbranched alkanes of at least 4 members (excludes halogenated alkanes) is 8. The predicted molar refractivity (Wildman–Crippen MR) is 232 cm³/mol. The minimum Gasteiger partial charge on any atom is -0.469 e. The Labute approximate surface area is 355 Å². The smallest absolute Gasteiger partial charge is 0.306 e. The zero-order valence-electron chi connectivity index (χ0n) is 36.2. The summed E-state index contributed by atoms with van der Waals surface area (Å²) in [5.41, 5.74) is 1.17. The Hall–Kier alpha value is -5.08. The Morgan fingerprint density at radius 1 is 0.400 bits per heavy atom. The second-order valence-electron chi connectivity index (χ2n) is 15.0. The van der Waals surface area contributed by atoms with E-state index in [2.05, 4.69) is 26.5 Å². The van der Waals surface area contributed by atoms with Crippen molar-refractivity contribution in [2.24, 2.45) is 0 Å². The van der Waals surface area contributed by atoms with Gasteiger partial charge >= 0.3 is 23.9 Å². The van der Waals surface area contributed by atoms with Gasteiger partial charge < -0.3 is 39.4 Å². The summed E-state index contributed by atoms with van der Waals surface area (Å²) >= 11 is 0. The van der Waals surface area contributed by atoms with E-state index in [4.69, 9.17) is 18.9 Å². The van der Waals surface area contributed by atoms with Crippen LogP contribution in [0.1, 0.15) is 111 Å². The summed E-state index contributed by atoms with van der Waals surface area (Å²) in [4.78, 5) is 76.6. The third-order valence-corrected chi connectivity index (χ3v) is 10.6. The first kappa shape index (κ1) is 49.3. The summed E-state index contributed by atoms with van der Waals surface area (Å²) in [6.45, 7) is 4.88. The monoisotopic (exact) mass is 834 g/mol. The second-order valence-corrected chi connectivity index (χ2v) is 15.0. The van der Waals surface area contributed by atoms with E-state index in [1.165, 1.54) is 28.4 Å². The molecular formula is C46H66N4O10. The number of hydrogen-bond acceptors (Lipinski definition) is 12. The summed E-state index contributed by atoms with van der Waals surface area (Å²) in [5, 5.41) is 9.97. The molecule has 0 radical (unpaired) electrons. The molecular weight excluding hydrogens is 769 g/mol. The van der Waals surface area contributed by atoms with Crippen molar-refractivity contribution in [3.63, 3.8) is 0 Å². The van der Waals surface area contributed by atoms with Gasteiger partial charge in [-0.05, 0) is 96.7 Å². The number of nitrogens with one attached hydrogen (secondary N) is 2. The minimum absolute atomic E-state index is 0.120. The van der Waals surface area contributed by atoms with E-state index in [0.29, 0.717) is 50.4 Å². The van der Waals surface area contributed by atoms with E-state index in [1.807, 2.05) is 42.5 Å². The molecule has 3 aromatic carbocycles. The number of ether oxygens (including phenoxy) is 4. The van der Waals surface area contributed by atoms with E-state index in [0.717, 1.165) is 98.8 Å². The standard InChI is InChI=1S/C46H66N4O10/c1-57-41(51)19-27-49(28-20-42(52)58-2)25-13-9-5-7-11-23-47-45(55)37-17-15-35-31-36-16-18-38(33-40(36)34-39(35)32-37)46(56)48-24-12-8-6-10-14-26-50(29-21-43(53)59-3)30-22-44(54)60-4/h15-18,31-34H,5-14,19-30H2,1-4H3,(H,47,55)(H,48,56). The number of carbonyl (C=O) groups excluding carboxylic acids is 6. The highest BCUT2D eigenvalue weighted by Crippen LogP contribution is 2.25. The van der Waals surface area contributed by atoms with E-state index >= 15 is 0 Å². The first-order valence-electron chi connectivity index (χ1n) is 21.3. The lowest BCUT2D eigenvalue weighted by atomic mass is 9.99. The summed E-state index contributed by atoms with van der Waals surface area (Å²) in [5.74, 6) is -1.32. The Morgan fingerprint density at radius 2 is 0.717 bits per heavy atom. The molecule has 330 valence electrons. The first-order valence-corrected chi connectivity index (χ1v) is 21.3. The second kappa shape index (κ2) is 28.4. The molecule has 2 amide bonds. The van der Waals surface area contributed by atoms with Crippen LogP contribution in [-0.2, 0) is 38.1 Å². The lowest BCUT2D eigenvalue weighted by molar-refractivity contribution is -0.142. The number of esters is 4. The molecule has 0 atom stereocenters. The average molecular weight is 835 g/mol. The third kappa shape index (κ3) is 18.9. The zero-order chi connectivity index (χ0) is 43.5. The Bertz CT molecular complexity index is 1670. The van der Waals surface area contributed by atoms with Crippen LogP contribution in [0.15, 0.2) is 48.5 Å². The highest BCUT2D eigenvalue weighted by molar-refractivity contribution is 6.05. The van der Waals surface area contributed by atoms with E-state index < -0.39 is 0 Å². The Balaban J connectivity index is 1.37. The molecule has 14 heteroatoms. The summed E-state index contributed by atoms with van der Waals surface area (Å²) in [6.07, 6.45) is 10.8. The minimum atomic E-state index is -0.271. The molecule has 0 aromatic heterocycles. The van der Waals surface area contributed by atoms with Crippen molar-refractivity contribution in [3.8, 4) is 0 Å². The Morgan fingerprint density at radius 3 is 1.07 bits per heavy atom. The van der Waals surface area contributed by atoms with Crippen LogP contribution in [0.3, 0.4) is 0 Å². The van der Waals surface area contributed by atoms with Gasteiger partial charge in [0.2, 0.25) is 0 Å². The largest absolute Gasteiger partial charge is 0.469 e. The maximum atomic E-state index is 13.0. The van der Waals surface area contributed by atoms with Crippen LogP contribution < -0.4 is 10.6 Å². The van der Waals surface area contributed by atoms with Crippen molar-refractivity contribution >= 4 is 57.2 Å². The number of amides is 2. The number of carbonyl (C=O) groups is 6. The van der Waals surface area contributed by atoms with Gasteiger partial charge in [-0.1, -0.05) is 50.7 Å². The van der Waals surface area contributed by atoms with Gasteiger partial charge in [-0.3, -0.25) is 28.8 Å². The highest BCUT2D eigenvalue weighted by atomic mass is 16.5. The van der Waals surface area contributed by atoms with E-state index in [9.17, 15) is 28.8 Å². The van der Waals surface area contributed by atoms with Crippen molar-refractivity contribution in [2.75, 3.05) is 80.8 Å². The molecule has 0 heterocycles. The molecule has 0 fully saturated rings. The van der Waals surface area contributed by atoms with Gasteiger partial charge in [0, 0.05) is 50.4 Å². The summed E-state index contributed by atoms with van der Waals surface area (Å²) < 4.78 is 19.0. The van der Waals surface area contributed by atoms with Crippen molar-refractivity contribution < 1.29 is 47.7 Å². The van der Waals surface area contributed by atoms with E-state index in [-0.39, 0.29) is 61.4 Å². The molecule has 60 heavy (non-hydrogen) atoms. The topological polar surface area (TPSA) is 170 Å². The molecule has 0 aliphatic rings. The maximum Gasteiger partial charge on any atom is 0.306 e. The molecule has 0 saturated heterocycles. The van der Waals surface area contributed by atoms with Gasteiger partial charge in [-0.25, -0.2) is 0 Å².